The Hall–Kier alpha value is -2.41. The van der Waals surface area contributed by atoms with E-state index in [1.807, 2.05) is 0 Å². The molecule has 0 bridgehead atoms. The van der Waals surface area contributed by atoms with Crippen LogP contribution in [0.4, 0.5) is 13.2 Å². The van der Waals surface area contributed by atoms with Crippen LogP contribution in [-0.4, -0.2) is 10.9 Å². The number of hydrogen-bond donors (Lipinski definition) is 1. The lowest BCUT2D eigenvalue weighted by Crippen LogP contribution is -2.14. The van der Waals surface area contributed by atoms with Gasteiger partial charge in [-0.15, -0.1) is 11.3 Å². The molecule has 0 aliphatic carbocycles. The number of carbonyl (C=O) groups excluding carboxylic acids is 1. The van der Waals surface area contributed by atoms with Gasteiger partial charge in [-0.1, -0.05) is 6.07 Å². The van der Waals surface area contributed by atoms with Crippen LogP contribution in [-0.2, 0) is 6.18 Å². The number of rotatable bonds is 2. The third kappa shape index (κ3) is 2.55. The second-order valence-electron chi connectivity index (χ2n) is 4.66. The van der Waals surface area contributed by atoms with Crippen molar-refractivity contribution in [2.24, 2.45) is 5.73 Å². The van der Waals surface area contributed by atoms with E-state index in [2.05, 4.69) is 4.98 Å². The molecule has 0 saturated heterocycles. The molecule has 0 aliphatic heterocycles. The minimum atomic E-state index is -4.49. The van der Waals surface area contributed by atoms with Gasteiger partial charge in [-0.3, -0.25) is 4.79 Å². The first-order valence-electron chi connectivity index (χ1n) is 6.21. The first-order chi connectivity index (χ1) is 10.4. The molecule has 3 aromatic rings. The van der Waals surface area contributed by atoms with E-state index < -0.39 is 17.6 Å². The van der Waals surface area contributed by atoms with Crippen LogP contribution in [0.5, 0.6) is 0 Å². The Morgan fingerprint density at radius 3 is 2.59 bits per heavy atom. The van der Waals surface area contributed by atoms with Crippen molar-refractivity contribution >= 4 is 27.5 Å². The largest absolute Gasteiger partial charge is 0.416 e. The van der Waals surface area contributed by atoms with Crippen LogP contribution < -0.4 is 5.73 Å². The predicted octanol–water partition coefficient (Wildman–Crippen LogP) is 4.08. The maximum atomic E-state index is 12.9. The van der Waals surface area contributed by atoms with Crippen LogP contribution in [0.15, 0.2) is 41.9 Å². The number of halogens is 3. The molecule has 0 unspecified atom stereocenters. The first kappa shape index (κ1) is 14.5. The fourth-order valence-corrected chi connectivity index (χ4v) is 2.86. The molecule has 112 valence electrons. The zero-order chi connectivity index (χ0) is 15.9. The van der Waals surface area contributed by atoms with E-state index in [9.17, 15) is 18.0 Å². The smallest absolute Gasteiger partial charge is 0.366 e. The number of amides is 1. The topological polar surface area (TPSA) is 56.0 Å². The molecule has 1 aromatic heterocycles. The summed E-state index contributed by atoms with van der Waals surface area (Å²) in [5.74, 6) is -0.776. The van der Waals surface area contributed by atoms with Crippen molar-refractivity contribution in [2.45, 2.75) is 6.18 Å². The fraction of sp³-hybridized carbons (Fsp3) is 0.0667. The molecule has 0 radical (unpaired) electrons. The molecule has 0 spiro atoms. The summed E-state index contributed by atoms with van der Waals surface area (Å²) in [7, 11) is 0. The number of thiazole rings is 1. The molecule has 0 aliphatic rings. The van der Waals surface area contributed by atoms with E-state index in [1.54, 1.807) is 23.7 Å². The minimum absolute atomic E-state index is 0.0441. The van der Waals surface area contributed by atoms with Crippen LogP contribution in [0.3, 0.4) is 0 Å². The zero-order valence-corrected chi connectivity index (χ0v) is 11.8. The summed E-state index contributed by atoms with van der Waals surface area (Å²) in [6.07, 6.45) is -4.49. The Balaban J connectivity index is 2.23. The van der Waals surface area contributed by atoms with Crippen molar-refractivity contribution < 1.29 is 18.0 Å². The summed E-state index contributed by atoms with van der Waals surface area (Å²) >= 11 is 1.43. The molecule has 1 heterocycles. The van der Waals surface area contributed by atoms with Crippen LogP contribution in [0.25, 0.3) is 21.3 Å². The first-order valence-corrected chi connectivity index (χ1v) is 7.09. The van der Waals surface area contributed by atoms with Crippen molar-refractivity contribution in [2.75, 3.05) is 0 Å². The Morgan fingerprint density at radius 2 is 1.91 bits per heavy atom. The van der Waals surface area contributed by atoms with Crippen LogP contribution in [0.2, 0.25) is 0 Å². The Morgan fingerprint density at radius 1 is 1.14 bits per heavy atom. The van der Waals surface area contributed by atoms with Gasteiger partial charge in [0.25, 0.3) is 0 Å². The van der Waals surface area contributed by atoms with Gasteiger partial charge in [-0.25, -0.2) is 4.98 Å². The Bertz CT molecular complexity index is 871. The number of hydrogen-bond acceptors (Lipinski definition) is 3. The maximum absolute atomic E-state index is 12.9. The van der Waals surface area contributed by atoms with E-state index in [4.69, 9.17) is 5.73 Å². The van der Waals surface area contributed by atoms with Gasteiger partial charge >= 0.3 is 6.18 Å². The highest BCUT2D eigenvalue weighted by molar-refractivity contribution is 7.16. The molecule has 22 heavy (non-hydrogen) atoms. The molecule has 1 amide bonds. The highest BCUT2D eigenvalue weighted by Gasteiger charge is 2.31. The number of carbonyl (C=O) groups is 1. The second-order valence-corrected chi connectivity index (χ2v) is 5.54. The number of benzene rings is 2. The highest BCUT2D eigenvalue weighted by Crippen LogP contribution is 2.35. The quantitative estimate of drug-likeness (QED) is 0.773. The number of nitrogens with two attached hydrogens (primary N) is 1. The highest BCUT2D eigenvalue weighted by atomic mass is 32.1. The van der Waals surface area contributed by atoms with Crippen LogP contribution in [0, 0.1) is 0 Å². The minimum Gasteiger partial charge on any atom is -0.366 e. The molecular formula is C15H9F3N2OS. The van der Waals surface area contributed by atoms with E-state index in [1.165, 1.54) is 11.3 Å². The Labute approximate surface area is 127 Å². The molecule has 2 aromatic carbocycles. The summed E-state index contributed by atoms with van der Waals surface area (Å²) in [6.45, 7) is 0. The molecule has 0 saturated carbocycles. The maximum Gasteiger partial charge on any atom is 0.416 e. The van der Waals surface area contributed by atoms with E-state index >= 15 is 0 Å². The molecular weight excluding hydrogens is 313 g/mol. The van der Waals surface area contributed by atoms with Gasteiger partial charge in [0.2, 0.25) is 5.91 Å². The van der Waals surface area contributed by atoms with Crippen LogP contribution in [0.1, 0.15) is 15.9 Å². The van der Waals surface area contributed by atoms with Gasteiger partial charge in [0.15, 0.2) is 0 Å². The van der Waals surface area contributed by atoms with Gasteiger partial charge in [0.05, 0.1) is 21.3 Å². The van der Waals surface area contributed by atoms with Crippen molar-refractivity contribution in [1.82, 2.24) is 4.98 Å². The molecule has 7 heteroatoms. The predicted molar refractivity (Wildman–Crippen MR) is 78.6 cm³/mol. The third-order valence-corrected chi connectivity index (χ3v) is 4.06. The summed E-state index contributed by atoms with van der Waals surface area (Å²) in [5.41, 5.74) is 7.42. The monoisotopic (exact) mass is 322 g/mol. The zero-order valence-electron chi connectivity index (χ0n) is 11.0. The lowest BCUT2D eigenvalue weighted by atomic mass is 9.96. The molecule has 3 rings (SSSR count). The van der Waals surface area contributed by atoms with Crippen molar-refractivity contribution in [3.63, 3.8) is 0 Å². The number of aromatic nitrogens is 1. The normalized spacial score (nSPS) is 11.8. The van der Waals surface area contributed by atoms with Gasteiger partial charge in [-0.2, -0.15) is 13.2 Å². The number of fused-ring (bicyclic) bond motifs is 1. The third-order valence-electron chi connectivity index (χ3n) is 3.25. The SMILES string of the molecule is NC(=O)c1ccc(C(F)(F)F)cc1-c1ccc2scnc2c1. The lowest BCUT2D eigenvalue weighted by molar-refractivity contribution is -0.137. The summed E-state index contributed by atoms with van der Waals surface area (Å²) in [5, 5.41) is 0. The van der Waals surface area contributed by atoms with Gasteiger partial charge in [-0.05, 0) is 41.5 Å². The number of primary amides is 1. The van der Waals surface area contributed by atoms with Gasteiger partial charge < -0.3 is 5.73 Å². The lowest BCUT2D eigenvalue weighted by Gasteiger charge is -2.12. The van der Waals surface area contributed by atoms with E-state index in [-0.39, 0.29) is 11.1 Å². The van der Waals surface area contributed by atoms with Crippen molar-refractivity contribution in [3.8, 4) is 11.1 Å². The molecule has 0 atom stereocenters. The van der Waals surface area contributed by atoms with Crippen molar-refractivity contribution in [3.05, 3.63) is 53.0 Å². The Kier molecular flexibility index (Phi) is 3.37. The van der Waals surface area contributed by atoms with E-state index in [0.717, 1.165) is 22.9 Å². The molecule has 0 fully saturated rings. The summed E-state index contributed by atoms with van der Waals surface area (Å²) in [4.78, 5) is 15.6. The van der Waals surface area contributed by atoms with Gasteiger partial charge in [0, 0.05) is 5.56 Å². The van der Waals surface area contributed by atoms with Gasteiger partial charge in [0.1, 0.15) is 0 Å². The fourth-order valence-electron chi connectivity index (χ4n) is 2.20. The standard InChI is InChI=1S/C15H9F3N2OS/c16-15(17,18)9-2-3-10(14(19)21)11(6-9)8-1-4-13-12(5-8)20-7-22-13/h1-7H,(H2,19,21). The summed E-state index contributed by atoms with van der Waals surface area (Å²) < 4.78 is 39.6. The van der Waals surface area contributed by atoms with E-state index in [0.29, 0.717) is 11.1 Å². The average molecular weight is 322 g/mol. The molecule has 2 N–H and O–H groups in total. The second kappa shape index (κ2) is 5.10. The average Bonchev–Trinajstić information content (AvgIpc) is 2.92. The summed E-state index contributed by atoms with van der Waals surface area (Å²) in [6, 6.07) is 7.95. The van der Waals surface area contributed by atoms with Crippen LogP contribution >= 0.6 is 11.3 Å². The van der Waals surface area contributed by atoms with Crippen molar-refractivity contribution in [1.29, 1.82) is 0 Å². The molecule has 3 nitrogen and oxygen atoms in total. The number of nitrogens with zero attached hydrogens (tertiary/aromatic N) is 1. The number of alkyl halides is 3.